The lowest BCUT2D eigenvalue weighted by atomic mass is 9.84. The zero-order chi connectivity index (χ0) is 23.6. The fourth-order valence-electron chi connectivity index (χ4n) is 5.07. The van der Waals surface area contributed by atoms with Crippen molar-refractivity contribution in [2.45, 2.75) is 76.3 Å². The lowest BCUT2D eigenvalue weighted by molar-refractivity contribution is -0.139. The molecule has 5 N–H and O–H groups in total. The molecule has 1 aliphatic carbocycles. The second-order valence-corrected chi connectivity index (χ2v) is 9.32. The van der Waals surface area contributed by atoms with E-state index in [0.717, 1.165) is 38.5 Å². The van der Waals surface area contributed by atoms with Gasteiger partial charge in [-0.1, -0.05) is 32.1 Å². The molecule has 0 aromatic heterocycles. The molecule has 0 radical (unpaired) electrons. The van der Waals surface area contributed by atoms with Crippen molar-refractivity contribution < 1.29 is 19.4 Å². The number of benzene rings is 1. The third kappa shape index (κ3) is 7.74. The summed E-state index contributed by atoms with van der Waals surface area (Å²) in [5, 5.41) is 19.7. The molecule has 1 amide bonds. The van der Waals surface area contributed by atoms with E-state index in [1.54, 1.807) is 24.3 Å². The van der Waals surface area contributed by atoms with Crippen molar-refractivity contribution in [1.82, 2.24) is 10.2 Å². The predicted octanol–water partition coefficient (Wildman–Crippen LogP) is 3.13. The molecule has 2 atom stereocenters. The highest BCUT2D eigenvalue weighted by Gasteiger charge is 2.33. The van der Waals surface area contributed by atoms with Crippen LogP contribution in [0.1, 0.15) is 69.8 Å². The van der Waals surface area contributed by atoms with Gasteiger partial charge in [0.25, 0.3) is 0 Å². The highest BCUT2D eigenvalue weighted by Crippen LogP contribution is 2.29. The number of amides is 1. The maximum atomic E-state index is 13.5. The van der Waals surface area contributed by atoms with Crippen LogP contribution >= 0.6 is 0 Å². The van der Waals surface area contributed by atoms with Crippen molar-refractivity contribution in [3.63, 3.8) is 0 Å². The predicted molar refractivity (Wildman–Crippen MR) is 128 cm³/mol. The third-order valence-electron chi connectivity index (χ3n) is 6.89. The number of piperidine rings is 1. The first-order chi connectivity index (χ1) is 15.9. The van der Waals surface area contributed by atoms with Crippen molar-refractivity contribution in [2.24, 2.45) is 11.7 Å². The van der Waals surface area contributed by atoms with Gasteiger partial charge in [-0.15, -0.1) is 0 Å². The number of carboxylic acid groups (broad SMARTS) is 1. The van der Waals surface area contributed by atoms with Gasteiger partial charge in [-0.25, -0.2) is 0 Å². The van der Waals surface area contributed by atoms with Gasteiger partial charge in [-0.3, -0.25) is 20.3 Å². The highest BCUT2D eigenvalue weighted by atomic mass is 16.5. The molecular weight excluding hydrogens is 420 g/mol. The second kappa shape index (κ2) is 12.6. The summed E-state index contributed by atoms with van der Waals surface area (Å²) < 4.78 is 5.89. The molecule has 1 aromatic carbocycles. The summed E-state index contributed by atoms with van der Waals surface area (Å²) in [6.45, 7) is 1.01. The van der Waals surface area contributed by atoms with E-state index < -0.39 is 12.0 Å². The number of hydrogen-bond acceptors (Lipinski definition) is 5. The van der Waals surface area contributed by atoms with Gasteiger partial charge in [0.2, 0.25) is 5.91 Å². The SMILES string of the molecule is N=C(N)c1ccc(OCC[C@H]2CCCCN2C(=O)[C@@H](CC2CCCCC2)NCC(=O)O)cc1. The number of carbonyl (C=O) groups is 2. The number of rotatable bonds is 11. The number of nitrogen functional groups attached to an aromatic ring is 1. The summed E-state index contributed by atoms with van der Waals surface area (Å²) in [7, 11) is 0. The topological polar surface area (TPSA) is 129 Å². The number of nitrogens with two attached hydrogens (primary N) is 1. The summed E-state index contributed by atoms with van der Waals surface area (Å²) in [6, 6.07) is 6.79. The van der Waals surface area contributed by atoms with Gasteiger partial charge in [0.1, 0.15) is 11.6 Å². The van der Waals surface area contributed by atoms with Crippen LogP contribution in [-0.2, 0) is 9.59 Å². The Hall–Kier alpha value is -2.61. The molecule has 0 spiro atoms. The minimum Gasteiger partial charge on any atom is -0.494 e. The van der Waals surface area contributed by atoms with Crippen LogP contribution in [0.4, 0.5) is 0 Å². The maximum absolute atomic E-state index is 13.5. The standard InChI is InChI=1S/C25H38N4O4/c26-24(27)19-9-11-21(12-10-19)33-15-13-20-8-4-5-14-29(20)25(32)22(28-17-23(30)31)16-18-6-2-1-3-7-18/h9-12,18,20,22,28H,1-8,13-17H2,(H3,26,27)(H,30,31)/t20-,22-/m1/s1. The van der Waals surface area contributed by atoms with Crippen molar-refractivity contribution in [3.8, 4) is 5.75 Å². The number of ether oxygens (including phenoxy) is 1. The van der Waals surface area contributed by atoms with E-state index in [9.17, 15) is 9.59 Å². The minimum atomic E-state index is -0.934. The molecule has 182 valence electrons. The van der Waals surface area contributed by atoms with E-state index in [1.165, 1.54) is 19.3 Å². The molecule has 8 heteroatoms. The summed E-state index contributed by atoms with van der Waals surface area (Å²) in [5.74, 6) is 0.330. The Morgan fingerprint density at radius 1 is 1.12 bits per heavy atom. The molecule has 3 rings (SSSR count). The zero-order valence-electron chi connectivity index (χ0n) is 19.4. The Bertz CT molecular complexity index is 792. The summed E-state index contributed by atoms with van der Waals surface area (Å²) in [4.78, 5) is 26.7. The van der Waals surface area contributed by atoms with Crippen molar-refractivity contribution in [3.05, 3.63) is 29.8 Å². The van der Waals surface area contributed by atoms with E-state index in [4.69, 9.17) is 21.0 Å². The normalized spacial score (nSPS) is 20.2. The van der Waals surface area contributed by atoms with Crippen molar-refractivity contribution in [1.29, 1.82) is 5.41 Å². The molecule has 8 nitrogen and oxygen atoms in total. The largest absolute Gasteiger partial charge is 0.494 e. The molecule has 2 fully saturated rings. The Labute approximate surface area is 196 Å². The summed E-state index contributed by atoms with van der Waals surface area (Å²) in [6.07, 6.45) is 10.3. The molecule has 1 aliphatic heterocycles. The van der Waals surface area contributed by atoms with Gasteiger partial charge in [0, 0.05) is 24.6 Å². The van der Waals surface area contributed by atoms with E-state index in [0.29, 0.717) is 36.8 Å². The van der Waals surface area contributed by atoms with Gasteiger partial charge in [-0.05, 0) is 55.9 Å². The first kappa shape index (κ1) is 25.0. The molecule has 1 saturated heterocycles. The Morgan fingerprint density at radius 2 is 1.82 bits per heavy atom. The maximum Gasteiger partial charge on any atom is 0.317 e. The van der Waals surface area contributed by atoms with Crippen molar-refractivity contribution >= 4 is 17.7 Å². The van der Waals surface area contributed by atoms with Gasteiger partial charge in [0.15, 0.2) is 0 Å². The number of likely N-dealkylation sites (tertiary alicyclic amines) is 1. The lowest BCUT2D eigenvalue weighted by Crippen LogP contribution is -2.53. The van der Waals surface area contributed by atoms with Crippen LogP contribution in [0.3, 0.4) is 0 Å². The van der Waals surface area contributed by atoms with E-state index in [-0.39, 0.29) is 24.3 Å². The molecule has 33 heavy (non-hydrogen) atoms. The van der Waals surface area contributed by atoms with Gasteiger partial charge >= 0.3 is 5.97 Å². The fourth-order valence-corrected chi connectivity index (χ4v) is 5.07. The van der Waals surface area contributed by atoms with Gasteiger partial charge < -0.3 is 20.5 Å². The molecule has 1 heterocycles. The Kier molecular flexibility index (Phi) is 9.54. The second-order valence-electron chi connectivity index (χ2n) is 9.32. The summed E-state index contributed by atoms with van der Waals surface area (Å²) in [5.41, 5.74) is 6.15. The van der Waals surface area contributed by atoms with Crippen LogP contribution in [0.15, 0.2) is 24.3 Å². The molecule has 1 aromatic rings. The molecule has 0 bridgehead atoms. The van der Waals surface area contributed by atoms with Crippen LogP contribution in [-0.4, -0.2) is 59.5 Å². The van der Waals surface area contributed by atoms with E-state index in [2.05, 4.69) is 5.32 Å². The van der Waals surface area contributed by atoms with Crippen LogP contribution in [0, 0.1) is 11.3 Å². The van der Waals surface area contributed by atoms with Gasteiger partial charge in [0.05, 0.1) is 19.2 Å². The highest BCUT2D eigenvalue weighted by molar-refractivity contribution is 5.94. The number of nitrogens with zero attached hydrogens (tertiary/aromatic N) is 1. The van der Waals surface area contributed by atoms with Crippen LogP contribution in [0.2, 0.25) is 0 Å². The van der Waals surface area contributed by atoms with Crippen LogP contribution < -0.4 is 15.8 Å². The fraction of sp³-hybridized carbons (Fsp3) is 0.640. The summed E-state index contributed by atoms with van der Waals surface area (Å²) >= 11 is 0. The first-order valence-corrected chi connectivity index (χ1v) is 12.3. The van der Waals surface area contributed by atoms with Crippen molar-refractivity contribution in [2.75, 3.05) is 19.7 Å². The smallest absolute Gasteiger partial charge is 0.317 e. The monoisotopic (exact) mass is 458 g/mol. The number of carboxylic acids is 1. The Balaban J connectivity index is 1.58. The number of aliphatic carboxylic acids is 1. The van der Waals surface area contributed by atoms with E-state index >= 15 is 0 Å². The zero-order valence-corrected chi connectivity index (χ0v) is 19.4. The minimum absolute atomic E-state index is 0.0252. The number of amidine groups is 1. The molecule has 1 saturated carbocycles. The number of carbonyl (C=O) groups excluding carboxylic acids is 1. The average Bonchev–Trinajstić information content (AvgIpc) is 2.82. The average molecular weight is 459 g/mol. The van der Waals surface area contributed by atoms with E-state index in [1.807, 2.05) is 4.90 Å². The van der Waals surface area contributed by atoms with Gasteiger partial charge in [-0.2, -0.15) is 0 Å². The van der Waals surface area contributed by atoms with Crippen LogP contribution in [0.5, 0.6) is 5.75 Å². The number of hydrogen-bond donors (Lipinski definition) is 4. The number of nitrogens with one attached hydrogen (secondary N) is 2. The quantitative estimate of drug-likeness (QED) is 0.298. The third-order valence-corrected chi connectivity index (χ3v) is 6.89. The molecule has 2 aliphatic rings. The van der Waals surface area contributed by atoms with Crippen LogP contribution in [0.25, 0.3) is 0 Å². The first-order valence-electron chi connectivity index (χ1n) is 12.3. The lowest BCUT2D eigenvalue weighted by Gasteiger charge is -2.39. The Morgan fingerprint density at radius 3 is 2.48 bits per heavy atom. The molecular formula is C25H38N4O4. The molecule has 0 unspecified atom stereocenters.